The summed E-state index contributed by atoms with van der Waals surface area (Å²) in [4.78, 5) is 2.44. The maximum atomic E-state index is 6.69. The van der Waals surface area contributed by atoms with Gasteiger partial charge in [0, 0.05) is 38.5 Å². The molecule has 12 aromatic rings. The van der Waals surface area contributed by atoms with Gasteiger partial charge in [-0.25, -0.2) is 0 Å². The van der Waals surface area contributed by atoms with Gasteiger partial charge in [-0.15, -0.1) is 0 Å². The SMILES string of the molecule is c1ccc(-c2ccc(N(c3ccc4oc5cc6c(cc5c4c3)oc3ccc(-c4ccccc4)cc36)c3cccc4c3-c3ccccc3C43c4ccccc4-c4ccccc43)cc2)cc1. The van der Waals surface area contributed by atoms with Crippen LogP contribution in [-0.2, 0) is 5.41 Å². The lowest BCUT2D eigenvalue weighted by Gasteiger charge is -2.31. The van der Waals surface area contributed by atoms with Crippen LogP contribution in [0, 0.1) is 0 Å². The molecular formula is C61H37NO2. The number of benzene rings is 10. The normalized spacial score (nSPS) is 13.1. The maximum Gasteiger partial charge on any atom is 0.136 e. The highest BCUT2D eigenvalue weighted by molar-refractivity contribution is 6.16. The molecule has 2 aromatic heterocycles. The van der Waals surface area contributed by atoms with Crippen LogP contribution in [0.1, 0.15) is 22.3 Å². The summed E-state index contributed by atoms with van der Waals surface area (Å²) >= 11 is 0. The Morgan fingerprint density at radius 2 is 0.750 bits per heavy atom. The molecule has 0 N–H and O–H groups in total. The van der Waals surface area contributed by atoms with Crippen LogP contribution in [0.2, 0.25) is 0 Å². The molecule has 0 amide bonds. The van der Waals surface area contributed by atoms with E-state index in [1.807, 2.05) is 0 Å². The monoisotopic (exact) mass is 815 g/mol. The molecule has 1 spiro atoms. The number of hydrogen-bond acceptors (Lipinski definition) is 3. The molecule has 0 atom stereocenters. The van der Waals surface area contributed by atoms with Gasteiger partial charge in [-0.1, -0.05) is 164 Å². The summed E-state index contributed by atoms with van der Waals surface area (Å²) in [5.41, 5.74) is 21.2. The molecule has 298 valence electrons. The Morgan fingerprint density at radius 1 is 0.297 bits per heavy atom. The number of hydrogen-bond donors (Lipinski definition) is 0. The van der Waals surface area contributed by atoms with Gasteiger partial charge in [0.25, 0.3) is 0 Å². The van der Waals surface area contributed by atoms with E-state index < -0.39 is 5.41 Å². The number of furan rings is 2. The third kappa shape index (κ3) is 4.86. The van der Waals surface area contributed by atoms with Gasteiger partial charge in [0.2, 0.25) is 0 Å². The molecule has 0 unspecified atom stereocenters. The lowest BCUT2D eigenvalue weighted by molar-refractivity contribution is 0.664. The van der Waals surface area contributed by atoms with Gasteiger partial charge in [0.1, 0.15) is 22.3 Å². The Hall–Kier alpha value is -8.40. The van der Waals surface area contributed by atoms with E-state index in [2.05, 4.69) is 229 Å². The highest BCUT2D eigenvalue weighted by Gasteiger charge is 2.52. The van der Waals surface area contributed by atoms with Crippen molar-refractivity contribution in [3.8, 4) is 44.5 Å². The first-order chi connectivity index (χ1) is 31.7. The van der Waals surface area contributed by atoms with Crippen molar-refractivity contribution in [2.75, 3.05) is 4.90 Å². The first-order valence-corrected chi connectivity index (χ1v) is 22.0. The molecule has 0 bridgehead atoms. The minimum atomic E-state index is -0.456. The number of nitrogens with zero attached hydrogens (tertiary/aromatic N) is 1. The zero-order valence-corrected chi connectivity index (χ0v) is 34.6. The van der Waals surface area contributed by atoms with Crippen molar-refractivity contribution in [1.29, 1.82) is 0 Å². The fraction of sp³-hybridized carbons (Fsp3) is 0.0164. The van der Waals surface area contributed by atoms with Crippen molar-refractivity contribution in [2.24, 2.45) is 0 Å². The number of rotatable bonds is 5. The van der Waals surface area contributed by atoms with Gasteiger partial charge >= 0.3 is 0 Å². The van der Waals surface area contributed by atoms with Crippen molar-refractivity contribution in [1.82, 2.24) is 0 Å². The molecule has 10 aromatic carbocycles. The standard InChI is InChI=1S/C61H37NO2/c1-3-14-38(15-4-1)40-26-29-42(30-27-40)62(55-25-13-24-54-60(55)46-20-9-12-23-53(46)61(54)51-21-10-7-18-44(51)45-19-8-11-22-52(45)61)43-31-33-57-48(35-43)50-37-58-49(36-59(50)64-57)47-34-41(28-32-56(47)63-58)39-16-5-2-6-17-39/h1-37H. The maximum absolute atomic E-state index is 6.69. The Morgan fingerprint density at radius 3 is 1.39 bits per heavy atom. The lowest BCUT2D eigenvalue weighted by Crippen LogP contribution is -2.26. The van der Waals surface area contributed by atoms with Crippen LogP contribution in [0.3, 0.4) is 0 Å². The van der Waals surface area contributed by atoms with Crippen molar-refractivity contribution < 1.29 is 8.83 Å². The molecule has 0 saturated carbocycles. The van der Waals surface area contributed by atoms with E-state index >= 15 is 0 Å². The second kappa shape index (κ2) is 13.3. The van der Waals surface area contributed by atoms with Crippen molar-refractivity contribution >= 4 is 60.9 Å². The first kappa shape index (κ1) is 35.2. The van der Waals surface area contributed by atoms with Crippen molar-refractivity contribution in [3.63, 3.8) is 0 Å². The molecule has 0 radical (unpaired) electrons. The van der Waals surface area contributed by atoms with Crippen LogP contribution >= 0.6 is 0 Å². The minimum Gasteiger partial charge on any atom is -0.456 e. The average molecular weight is 816 g/mol. The van der Waals surface area contributed by atoms with Crippen LogP contribution < -0.4 is 4.90 Å². The summed E-state index contributed by atoms with van der Waals surface area (Å²) in [7, 11) is 0. The summed E-state index contributed by atoms with van der Waals surface area (Å²) in [6.45, 7) is 0. The van der Waals surface area contributed by atoms with Gasteiger partial charge in [-0.3, -0.25) is 0 Å². The lowest BCUT2D eigenvalue weighted by atomic mass is 9.70. The fourth-order valence-electron chi connectivity index (χ4n) is 11.2. The average Bonchev–Trinajstić information content (AvgIpc) is 4.09. The summed E-state index contributed by atoms with van der Waals surface area (Å²) in [6, 6.07) is 81.5. The molecule has 14 rings (SSSR count). The van der Waals surface area contributed by atoms with Crippen molar-refractivity contribution in [2.45, 2.75) is 5.41 Å². The van der Waals surface area contributed by atoms with Gasteiger partial charge in [-0.05, 0) is 122 Å². The molecule has 3 heteroatoms. The van der Waals surface area contributed by atoms with Crippen molar-refractivity contribution in [3.05, 3.63) is 247 Å². The molecule has 2 aliphatic rings. The first-order valence-electron chi connectivity index (χ1n) is 22.0. The highest BCUT2D eigenvalue weighted by atomic mass is 16.3. The quantitative estimate of drug-likeness (QED) is 0.173. The largest absolute Gasteiger partial charge is 0.456 e. The Labute approximate surface area is 369 Å². The van der Waals surface area contributed by atoms with E-state index in [1.54, 1.807) is 0 Å². The van der Waals surface area contributed by atoms with E-state index in [1.165, 1.54) is 61.2 Å². The third-order valence-electron chi connectivity index (χ3n) is 13.9. The predicted molar refractivity (Wildman–Crippen MR) is 263 cm³/mol. The zero-order chi connectivity index (χ0) is 41.9. The van der Waals surface area contributed by atoms with E-state index in [4.69, 9.17) is 8.83 Å². The second-order valence-corrected chi connectivity index (χ2v) is 17.1. The molecule has 64 heavy (non-hydrogen) atoms. The number of fused-ring (bicyclic) bond motifs is 16. The Bertz CT molecular complexity index is 3790. The summed E-state index contributed by atoms with van der Waals surface area (Å²) in [5, 5.41) is 4.18. The van der Waals surface area contributed by atoms with Gasteiger partial charge < -0.3 is 13.7 Å². The Kier molecular flexibility index (Phi) is 7.32. The van der Waals surface area contributed by atoms with Gasteiger partial charge in [0.15, 0.2) is 0 Å². The van der Waals surface area contributed by atoms with Gasteiger partial charge in [-0.2, -0.15) is 0 Å². The van der Waals surface area contributed by atoms with E-state index in [0.717, 1.165) is 66.5 Å². The zero-order valence-electron chi connectivity index (χ0n) is 34.6. The van der Waals surface area contributed by atoms with Crippen LogP contribution in [-0.4, -0.2) is 0 Å². The van der Waals surface area contributed by atoms with E-state index in [0.29, 0.717) is 0 Å². The molecule has 3 nitrogen and oxygen atoms in total. The van der Waals surface area contributed by atoms with Crippen LogP contribution in [0.4, 0.5) is 17.1 Å². The van der Waals surface area contributed by atoms with Gasteiger partial charge in [0.05, 0.1) is 11.1 Å². The van der Waals surface area contributed by atoms with Crippen LogP contribution in [0.25, 0.3) is 88.4 Å². The highest BCUT2D eigenvalue weighted by Crippen LogP contribution is 2.64. The molecule has 0 saturated heterocycles. The smallest absolute Gasteiger partial charge is 0.136 e. The number of anilines is 3. The summed E-state index contributed by atoms with van der Waals surface area (Å²) < 4.78 is 13.3. The third-order valence-corrected chi connectivity index (χ3v) is 13.9. The molecule has 2 aliphatic carbocycles. The van der Waals surface area contributed by atoms with E-state index in [-0.39, 0.29) is 0 Å². The topological polar surface area (TPSA) is 29.5 Å². The molecule has 2 heterocycles. The van der Waals surface area contributed by atoms with E-state index in [9.17, 15) is 0 Å². The minimum absolute atomic E-state index is 0.456. The van der Waals surface area contributed by atoms with Crippen LogP contribution in [0.5, 0.6) is 0 Å². The second-order valence-electron chi connectivity index (χ2n) is 17.1. The summed E-state index contributed by atoms with van der Waals surface area (Å²) in [6.07, 6.45) is 0. The Balaban J connectivity index is 0.993. The summed E-state index contributed by atoms with van der Waals surface area (Å²) in [5.74, 6) is 0. The van der Waals surface area contributed by atoms with Crippen LogP contribution in [0.15, 0.2) is 233 Å². The predicted octanol–water partition coefficient (Wildman–Crippen LogP) is 16.6. The molecule has 0 fully saturated rings. The molecule has 0 aliphatic heterocycles. The molecular weight excluding hydrogens is 779 g/mol. The fourth-order valence-corrected chi connectivity index (χ4v) is 11.2.